The van der Waals surface area contributed by atoms with E-state index in [-0.39, 0.29) is 4.75 Å². The van der Waals surface area contributed by atoms with Crippen LogP contribution in [-0.2, 0) is 0 Å². The number of nitrogens with zero attached hydrogens (tertiary/aromatic N) is 2. The van der Waals surface area contributed by atoms with Gasteiger partial charge in [0.25, 0.3) is 0 Å². The van der Waals surface area contributed by atoms with E-state index in [1.54, 1.807) is 0 Å². The molecule has 20 heavy (non-hydrogen) atoms. The van der Waals surface area contributed by atoms with Gasteiger partial charge in [-0.1, -0.05) is 18.2 Å². The van der Waals surface area contributed by atoms with Crippen molar-refractivity contribution in [3.8, 4) is 5.69 Å². The fraction of sp³-hybridized carbons (Fsp3) is 0.438. The third-order valence-electron chi connectivity index (χ3n) is 4.12. The van der Waals surface area contributed by atoms with Crippen molar-refractivity contribution in [3.05, 3.63) is 48.3 Å². The largest absolute Gasteiger partial charge is 0.311 e. The first-order valence-corrected chi connectivity index (χ1v) is 8.14. The van der Waals surface area contributed by atoms with E-state index in [1.807, 2.05) is 12.3 Å². The summed E-state index contributed by atoms with van der Waals surface area (Å²) in [7, 11) is 2.05. The summed E-state index contributed by atoms with van der Waals surface area (Å²) >= 11 is 2.08. The summed E-state index contributed by atoms with van der Waals surface area (Å²) in [5.74, 6) is 1.26. The Hall–Kier alpha value is -1.26. The van der Waals surface area contributed by atoms with Crippen molar-refractivity contribution in [1.29, 1.82) is 0 Å². The van der Waals surface area contributed by atoms with Gasteiger partial charge in [0.2, 0.25) is 0 Å². The minimum atomic E-state index is 0.251. The Bertz CT molecular complexity index is 558. The molecule has 0 saturated carbocycles. The SMILES string of the molecule is CNC(c1ccnn1-c1ccccc1)C1(C)CCCS1. The molecule has 3 rings (SSSR count). The highest BCUT2D eigenvalue weighted by Gasteiger charge is 2.39. The molecule has 1 aromatic carbocycles. The second-order valence-corrected chi connectivity index (χ2v) is 7.12. The zero-order valence-corrected chi connectivity index (χ0v) is 12.9. The molecule has 0 aliphatic carbocycles. The lowest BCUT2D eigenvalue weighted by atomic mass is 9.93. The zero-order chi connectivity index (χ0) is 14.0. The van der Waals surface area contributed by atoms with E-state index in [2.05, 4.69) is 71.2 Å². The molecule has 0 bridgehead atoms. The molecule has 3 nitrogen and oxygen atoms in total. The molecule has 2 atom stereocenters. The Morgan fingerprint density at radius 3 is 2.75 bits per heavy atom. The van der Waals surface area contributed by atoms with E-state index in [4.69, 9.17) is 0 Å². The van der Waals surface area contributed by atoms with Gasteiger partial charge in [0.1, 0.15) is 0 Å². The average molecular weight is 287 g/mol. The maximum absolute atomic E-state index is 4.53. The topological polar surface area (TPSA) is 29.9 Å². The molecule has 0 radical (unpaired) electrons. The number of hydrogen-bond donors (Lipinski definition) is 1. The maximum atomic E-state index is 4.53. The smallest absolute Gasteiger partial charge is 0.0649 e. The first-order chi connectivity index (χ1) is 9.74. The van der Waals surface area contributed by atoms with Crippen molar-refractivity contribution in [2.75, 3.05) is 12.8 Å². The van der Waals surface area contributed by atoms with E-state index in [0.717, 1.165) is 5.69 Å². The lowest BCUT2D eigenvalue weighted by Crippen LogP contribution is -2.37. The minimum absolute atomic E-state index is 0.251. The third kappa shape index (κ3) is 2.38. The molecule has 1 saturated heterocycles. The molecule has 0 spiro atoms. The number of hydrogen-bond acceptors (Lipinski definition) is 3. The summed E-state index contributed by atoms with van der Waals surface area (Å²) in [6, 6.07) is 12.8. The predicted molar refractivity (Wildman–Crippen MR) is 85.5 cm³/mol. The summed E-state index contributed by atoms with van der Waals surface area (Å²) in [5, 5.41) is 8.04. The maximum Gasteiger partial charge on any atom is 0.0649 e. The number of para-hydroxylation sites is 1. The second kappa shape index (κ2) is 5.62. The highest BCUT2D eigenvalue weighted by molar-refractivity contribution is 8.00. The van der Waals surface area contributed by atoms with E-state index < -0.39 is 0 Å². The van der Waals surface area contributed by atoms with Crippen LogP contribution in [0.15, 0.2) is 42.6 Å². The van der Waals surface area contributed by atoms with Gasteiger partial charge >= 0.3 is 0 Å². The summed E-state index contributed by atoms with van der Waals surface area (Å²) in [5.41, 5.74) is 2.37. The van der Waals surface area contributed by atoms with Crippen molar-refractivity contribution in [3.63, 3.8) is 0 Å². The van der Waals surface area contributed by atoms with Gasteiger partial charge in [-0.15, -0.1) is 0 Å². The summed E-state index contributed by atoms with van der Waals surface area (Å²) < 4.78 is 2.31. The highest BCUT2D eigenvalue weighted by Crippen LogP contribution is 2.46. The van der Waals surface area contributed by atoms with Crippen molar-refractivity contribution in [2.24, 2.45) is 0 Å². The first-order valence-electron chi connectivity index (χ1n) is 7.15. The molecule has 1 aromatic heterocycles. The fourth-order valence-electron chi connectivity index (χ4n) is 3.11. The Morgan fingerprint density at radius 2 is 2.10 bits per heavy atom. The minimum Gasteiger partial charge on any atom is -0.311 e. The number of nitrogens with one attached hydrogen (secondary N) is 1. The van der Waals surface area contributed by atoms with Crippen LogP contribution in [0.2, 0.25) is 0 Å². The van der Waals surface area contributed by atoms with Gasteiger partial charge in [-0.2, -0.15) is 16.9 Å². The molecule has 2 heterocycles. The van der Waals surface area contributed by atoms with Crippen LogP contribution in [0.3, 0.4) is 0 Å². The van der Waals surface area contributed by atoms with E-state index in [0.29, 0.717) is 6.04 Å². The molecule has 0 amide bonds. The van der Waals surface area contributed by atoms with Crippen LogP contribution < -0.4 is 5.32 Å². The molecule has 1 N–H and O–H groups in total. The Labute approximate surface area is 124 Å². The molecule has 1 aliphatic rings. The van der Waals surface area contributed by atoms with Crippen molar-refractivity contribution >= 4 is 11.8 Å². The molecule has 1 fully saturated rings. The quantitative estimate of drug-likeness (QED) is 0.934. The van der Waals surface area contributed by atoms with Gasteiger partial charge in [0.05, 0.1) is 17.4 Å². The van der Waals surface area contributed by atoms with Gasteiger partial charge in [-0.05, 0) is 50.8 Å². The van der Waals surface area contributed by atoms with Crippen molar-refractivity contribution < 1.29 is 0 Å². The summed E-state index contributed by atoms with van der Waals surface area (Å²) in [4.78, 5) is 0. The average Bonchev–Trinajstić information content (AvgIpc) is 3.11. The van der Waals surface area contributed by atoms with Crippen molar-refractivity contribution in [1.82, 2.24) is 15.1 Å². The number of benzene rings is 1. The van der Waals surface area contributed by atoms with Crippen LogP contribution in [-0.4, -0.2) is 27.3 Å². The molecule has 4 heteroatoms. The van der Waals surface area contributed by atoms with Crippen LogP contribution in [0, 0.1) is 0 Å². The Morgan fingerprint density at radius 1 is 1.30 bits per heavy atom. The number of thioether (sulfide) groups is 1. The predicted octanol–water partition coefficient (Wildman–Crippen LogP) is 3.42. The molecule has 106 valence electrons. The summed E-state index contributed by atoms with van der Waals surface area (Å²) in [6.07, 6.45) is 4.46. The van der Waals surface area contributed by atoms with Gasteiger partial charge in [0.15, 0.2) is 0 Å². The van der Waals surface area contributed by atoms with Crippen LogP contribution in [0.5, 0.6) is 0 Å². The van der Waals surface area contributed by atoms with E-state index in [1.165, 1.54) is 24.3 Å². The standard InChI is InChI=1S/C16H21N3S/c1-16(10-6-12-20-16)15(17-2)14-9-11-18-19(14)13-7-4-3-5-8-13/h3-5,7-9,11,15,17H,6,10,12H2,1-2H3. The van der Waals surface area contributed by atoms with E-state index >= 15 is 0 Å². The fourth-order valence-corrected chi connectivity index (χ4v) is 4.56. The molecular formula is C16H21N3S. The van der Waals surface area contributed by atoms with Crippen LogP contribution in [0.4, 0.5) is 0 Å². The molecule has 1 aliphatic heterocycles. The van der Waals surface area contributed by atoms with Gasteiger partial charge in [-0.25, -0.2) is 4.68 Å². The second-order valence-electron chi connectivity index (χ2n) is 5.49. The monoisotopic (exact) mass is 287 g/mol. The van der Waals surface area contributed by atoms with Gasteiger partial charge in [0, 0.05) is 10.9 Å². The Kier molecular flexibility index (Phi) is 3.85. The summed E-state index contributed by atoms with van der Waals surface area (Å²) in [6.45, 7) is 2.37. The zero-order valence-electron chi connectivity index (χ0n) is 12.0. The lowest BCUT2D eigenvalue weighted by molar-refractivity contribution is 0.424. The van der Waals surface area contributed by atoms with Crippen LogP contribution in [0.25, 0.3) is 5.69 Å². The lowest BCUT2D eigenvalue weighted by Gasteiger charge is -2.33. The van der Waals surface area contributed by atoms with Crippen LogP contribution in [0.1, 0.15) is 31.5 Å². The van der Waals surface area contributed by atoms with E-state index in [9.17, 15) is 0 Å². The molecule has 2 aromatic rings. The number of rotatable bonds is 4. The van der Waals surface area contributed by atoms with Crippen LogP contribution >= 0.6 is 11.8 Å². The Balaban J connectivity index is 2.00. The normalized spacial score (nSPS) is 23.9. The number of aromatic nitrogens is 2. The first kappa shape index (κ1) is 13.7. The molecular weight excluding hydrogens is 266 g/mol. The van der Waals surface area contributed by atoms with Crippen molar-refractivity contribution in [2.45, 2.75) is 30.6 Å². The van der Waals surface area contributed by atoms with Gasteiger partial charge < -0.3 is 5.32 Å². The molecule has 2 unspecified atom stereocenters. The van der Waals surface area contributed by atoms with Gasteiger partial charge in [-0.3, -0.25) is 0 Å². The highest BCUT2D eigenvalue weighted by atomic mass is 32.2. The third-order valence-corrected chi connectivity index (χ3v) is 5.71.